The van der Waals surface area contributed by atoms with Gasteiger partial charge in [0.25, 0.3) is 5.56 Å². The highest BCUT2D eigenvalue weighted by molar-refractivity contribution is 6.33. The van der Waals surface area contributed by atoms with Crippen LogP contribution >= 0.6 is 11.6 Å². The Morgan fingerprint density at radius 2 is 2.08 bits per heavy atom. The molecule has 0 atom stereocenters. The molecule has 1 aromatic carbocycles. The van der Waals surface area contributed by atoms with Crippen LogP contribution in [0.5, 0.6) is 5.88 Å². The predicted molar refractivity (Wildman–Crippen MR) is 91.5 cm³/mol. The molecule has 2 aromatic rings. The molecular formula is C16H13ClN4O5. The maximum atomic E-state index is 12.4. The summed E-state index contributed by atoms with van der Waals surface area (Å²) in [6.07, 6.45) is 0. The minimum absolute atomic E-state index is 0.0225. The summed E-state index contributed by atoms with van der Waals surface area (Å²) in [5.41, 5.74) is -1.06. The lowest BCUT2D eigenvalue weighted by Gasteiger charge is -2.11. The van der Waals surface area contributed by atoms with Crippen molar-refractivity contribution in [1.29, 1.82) is 5.26 Å². The maximum absolute atomic E-state index is 12.4. The lowest BCUT2D eigenvalue weighted by atomic mass is 10.1. The van der Waals surface area contributed by atoms with Crippen molar-refractivity contribution in [3.05, 3.63) is 50.3 Å². The Bertz CT molecular complexity index is 1010. The van der Waals surface area contributed by atoms with Crippen molar-refractivity contribution in [3.8, 4) is 11.9 Å². The van der Waals surface area contributed by atoms with E-state index in [1.165, 1.54) is 25.1 Å². The number of hydrogen-bond acceptors (Lipinski definition) is 7. The Morgan fingerprint density at radius 1 is 1.38 bits per heavy atom. The van der Waals surface area contributed by atoms with Gasteiger partial charge < -0.3 is 15.3 Å². The van der Waals surface area contributed by atoms with Crippen LogP contribution in [0.1, 0.15) is 21.5 Å². The summed E-state index contributed by atoms with van der Waals surface area (Å²) < 4.78 is 0.810. The number of hydrogen-bond donors (Lipinski definition) is 3. The number of aliphatic hydroxyl groups excluding tert-OH is 1. The Labute approximate surface area is 152 Å². The number of aromatic hydroxyl groups is 1. The second-order valence-electron chi connectivity index (χ2n) is 5.13. The van der Waals surface area contributed by atoms with Gasteiger partial charge in [0, 0.05) is 5.56 Å². The quantitative estimate of drug-likeness (QED) is 0.682. The van der Waals surface area contributed by atoms with Crippen molar-refractivity contribution in [3.63, 3.8) is 0 Å². The number of halogens is 1. The molecule has 10 heteroatoms. The minimum Gasteiger partial charge on any atom is -0.493 e. The van der Waals surface area contributed by atoms with Crippen LogP contribution in [0.4, 0.5) is 11.4 Å². The van der Waals surface area contributed by atoms with Gasteiger partial charge in [0.1, 0.15) is 11.6 Å². The molecular weight excluding hydrogens is 364 g/mol. The molecule has 0 spiro atoms. The second-order valence-corrected chi connectivity index (χ2v) is 5.54. The van der Waals surface area contributed by atoms with Gasteiger partial charge in [-0.05, 0) is 25.1 Å². The number of carbonyl (C=O) groups is 1. The van der Waals surface area contributed by atoms with Crippen molar-refractivity contribution in [2.24, 2.45) is 10.2 Å². The van der Waals surface area contributed by atoms with Gasteiger partial charge in [-0.2, -0.15) is 10.4 Å². The topological polar surface area (TPSA) is 148 Å². The van der Waals surface area contributed by atoms with Gasteiger partial charge in [-0.1, -0.05) is 11.6 Å². The molecule has 134 valence electrons. The van der Waals surface area contributed by atoms with Crippen molar-refractivity contribution in [1.82, 2.24) is 4.57 Å². The van der Waals surface area contributed by atoms with Crippen LogP contribution < -0.4 is 5.56 Å². The van der Waals surface area contributed by atoms with E-state index in [9.17, 15) is 20.0 Å². The average Bonchev–Trinajstić information content (AvgIpc) is 2.60. The summed E-state index contributed by atoms with van der Waals surface area (Å²) in [6, 6.07) is 5.69. The Hall–Kier alpha value is -3.22. The molecule has 9 nitrogen and oxygen atoms in total. The summed E-state index contributed by atoms with van der Waals surface area (Å²) >= 11 is 5.78. The lowest BCUT2D eigenvalue weighted by molar-refractivity contribution is 0.0697. The van der Waals surface area contributed by atoms with E-state index in [1.807, 2.05) is 0 Å². The number of rotatable bonds is 5. The first kappa shape index (κ1) is 19.1. The highest BCUT2D eigenvalue weighted by Crippen LogP contribution is 2.28. The van der Waals surface area contributed by atoms with E-state index in [-0.39, 0.29) is 39.6 Å². The third-order valence-corrected chi connectivity index (χ3v) is 3.87. The van der Waals surface area contributed by atoms with Crippen molar-refractivity contribution in [2.75, 3.05) is 6.61 Å². The Balaban J connectivity index is 2.60. The summed E-state index contributed by atoms with van der Waals surface area (Å²) in [6.45, 7) is 0.755. The van der Waals surface area contributed by atoms with Crippen LogP contribution in [-0.4, -0.2) is 32.5 Å². The number of pyridine rings is 1. The maximum Gasteiger partial charge on any atom is 0.337 e. The number of azo groups is 1. The van der Waals surface area contributed by atoms with Crippen LogP contribution in [0.15, 0.2) is 33.2 Å². The molecule has 0 aliphatic rings. The van der Waals surface area contributed by atoms with E-state index >= 15 is 0 Å². The van der Waals surface area contributed by atoms with Crippen LogP contribution in [0.2, 0.25) is 5.02 Å². The normalized spacial score (nSPS) is 10.8. The van der Waals surface area contributed by atoms with Gasteiger partial charge in [0.15, 0.2) is 5.69 Å². The first-order valence-corrected chi connectivity index (χ1v) is 7.61. The number of carboxylic acid groups (broad SMARTS) is 1. The molecule has 1 aromatic heterocycles. The van der Waals surface area contributed by atoms with Gasteiger partial charge in [-0.15, -0.1) is 5.11 Å². The Kier molecular flexibility index (Phi) is 5.71. The summed E-state index contributed by atoms with van der Waals surface area (Å²) in [7, 11) is 0. The van der Waals surface area contributed by atoms with Crippen LogP contribution in [-0.2, 0) is 6.54 Å². The van der Waals surface area contributed by atoms with Gasteiger partial charge in [-0.3, -0.25) is 9.36 Å². The third kappa shape index (κ3) is 3.56. The summed E-state index contributed by atoms with van der Waals surface area (Å²) in [5.74, 6) is -1.81. The molecule has 3 N–H and O–H groups in total. The molecule has 0 radical (unpaired) electrons. The molecule has 1 heterocycles. The molecule has 0 aliphatic heterocycles. The molecule has 0 saturated carbocycles. The number of aliphatic hydroxyl groups is 1. The number of benzene rings is 1. The zero-order valence-corrected chi connectivity index (χ0v) is 14.2. The number of nitrogens with zero attached hydrogens (tertiary/aromatic N) is 4. The van der Waals surface area contributed by atoms with Gasteiger partial charge in [0.05, 0.1) is 29.4 Å². The van der Waals surface area contributed by atoms with Crippen molar-refractivity contribution >= 4 is 28.9 Å². The number of aromatic carboxylic acids is 1. The lowest BCUT2D eigenvalue weighted by Crippen LogP contribution is -2.23. The molecule has 2 rings (SSSR count). The molecule has 0 fully saturated rings. The zero-order valence-electron chi connectivity index (χ0n) is 13.5. The second kappa shape index (κ2) is 7.77. The van der Waals surface area contributed by atoms with Crippen LogP contribution in [0.25, 0.3) is 0 Å². The standard InChI is InChI=1S/C16H13ClN4O5/c1-8-11(7-18)14(23)21(4-5-22)15(24)13(8)20-19-9-2-3-12(17)10(6-9)16(25)26/h2-3,6,22-23H,4-5H2,1H3,(H,25,26). The SMILES string of the molecule is Cc1c(C#N)c(O)n(CCO)c(=O)c1N=Nc1ccc(Cl)c(C(=O)O)c1. The average molecular weight is 377 g/mol. The smallest absolute Gasteiger partial charge is 0.337 e. The number of carboxylic acids is 1. The summed E-state index contributed by atoms with van der Waals surface area (Å²) in [5, 5.41) is 44.9. The van der Waals surface area contributed by atoms with E-state index in [2.05, 4.69) is 10.2 Å². The van der Waals surface area contributed by atoms with Gasteiger partial charge >= 0.3 is 5.97 Å². The molecule has 0 bridgehead atoms. The van der Waals surface area contributed by atoms with Gasteiger partial charge in [-0.25, -0.2) is 4.79 Å². The molecule has 0 saturated heterocycles. The largest absolute Gasteiger partial charge is 0.493 e. The van der Waals surface area contributed by atoms with Crippen molar-refractivity contribution in [2.45, 2.75) is 13.5 Å². The Morgan fingerprint density at radius 3 is 2.65 bits per heavy atom. The zero-order chi connectivity index (χ0) is 19.4. The predicted octanol–water partition coefficient (Wildman–Crippen LogP) is 2.49. The first-order chi connectivity index (χ1) is 12.3. The highest BCUT2D eigenvalue weighted by atomic mass is 35.5. The van der Waals surface area contributed by atoms with Gasteiger partial charge in [0.2, 0.25) is 5.88 Å². The molecule has 26 heavy (non-hydrogen) atoms. The minimum atomic E-state index is -1.25. The van der Waals surface area contributed by atoms with E-state index in [0.717, 1.165) is 4.57 Å². The van der Waals surface area contributed by atoms with E-state index in [4.69, 9.17) is 21.8 Å². The number of aromatic nitrogens is 1. The third-order valence-electron chi connectivity index (χ3n) is 3.54. The fourth-order valence-corrected chi connectivity index (χ4v) is 2.41. The number of nitriles is 1. The first-order valence-electron chi connectivity index (χ1n) is 7.23. The molecule has 0 unspecified atom stereocenters. The van der Waals surface area contributed by atoms with Crippen LogP contribution in [0.3, 0.4) is 0 Å². The summed E-state index contributed by atoms with van der Waals surface area (Å²) in [4.78, 5) is 23.5. The van der Waals surface area contributed by atoms with Crippen molar-refractivity contribution < 1.29 is 20.1 Å². The van der Waals surface area contributed by atoms with Crippen LogP contribution in [0, 0.1) is 18.3 Å². The fourth-order valence-electron chi connectivity index (χ4n) is 2.21. The fraction of sp³-hybridized carbons (Fsp3) is 0.188. The van der Waals surface area contributed by atoms with E-state index < -0.39 is 24.0 Å². The molecule has 0 aliphatic carbocycles. The monoisotopic (exact) mass is 376 g/mol. The molecule has 0 amide bonds. The van der Waals surface area contributed by atoms with E-state index in [0.29, 0.717) is 0 Å². The highest BCUT2D eigenvalue weighted by Gasteiger charge is 2.19. The van der Waals surface area contributed by atoms with E-state index in [1.54, 1.807) is 6.07 Å².